The summed E-state index contributed by atoms with van der Waals surface area (Å²) in [6.45, 7) is 3.05. The minimum Gasteiger partial charge on any atom is -0.374 e. The monoisotopic (exact) mass is 286 g/mol. The number of amides is 1. The molecule has 1 amide bonds. The third kappa shape index (κ3) is 3.35. The van der Waals surface area contributed by atoms with E-state index < -0.39 is 0 Å². The zero-order valence-corrected chi connectivity index (χ0v) is 12.1. The molecule has 7 heteroatoms. The highest BCUT2D eigenvalue weighted by molar-refractivity contribution is 8.01. The lowest BCUT2D eigenvalue weighted by Gasteiger charge is -2.35. The Balaban J connectivity index is 1.86. The van der Waals surface area contributed by atoms with E-state index in [-0.39, 0.29) is 5.91 Å². The molecule has 1 aromatic heterocycles. The number of nitrogen functional groups attached to an aromatic ring is 1. The van der Waals surface area contributed by atoms with Crippen LogP contribution in [0.1, 0.15) is 32.6 Å². The van der Waals surface area contributed by atoms with Crippen LogP contribution in [0.5, 0.6) is 0 Å². The molecule has 0 radical (unpaired) electrons. The molecular weight excluding hydrogens is 268 g/mol. The molecule has 0 aromatic carbocycles. The van der Waals surface area contributed by atoms with E-state index in [0.717, 1.165) is 30.1 Å². The summed E-state index contributed by atoms with van der Waals surface area (Å²) in [7, 11) is 0. The fourth-order valence-corrected chi connectivity index (χ4v) is 3.76. The summed E-state index contributed by atoms with van der Waals surface area (Å²) < 4.78 is 0.769. The molecule has 1 unspecified atom stereocenters. The van der Waals surface area contributed by atoms with Crippen LogP contribution in [-0.4, -0.2) is 39.3 Å². The minimum absolute atomic E-state index is 0.209. The van der Waals surface area contributed by atoms with Crippen molar-refractivity contribution in [2.75, 3.05) is 18.0 Å². The van der Waals surface area contributed by atoms with Gasteiger partial charge in [0, 0.05) is 12.6 Å². The van der Waals surface area contributed by atoms with Gasteiger partial charge in [0.25, 0.3) is 0 Å². The van der Waals surface area contributed by atoms with Crippen molar-refractivity contribution >= 4 is 34.1 Å². The van der Waals surface area contributed by atoms with Crippen LogP contribution in [0.15, 0.2) is 4.34 Å². The number of thioether (sulfide) groups is 1. The molecule has 2 heterocycles. The summed E-state index contributed by atoms with van der Waals surface area (Å²) in [5.74, 6) is 0.644. The molecule has 0 bridgehead atoms. The molecule has 5 nitrogen and oxygen atoms in total. The van der Waals surface area contributed by atoms with Gasteiger partial charge in [-0.1, -0.05) is 30.0 Å². The van der Waals surface area contributed by atoms with Crippen molar-refractivity contribution in [3.63, 3.8) is 0 Å². The molecular formula is C11H18N4OS2. The zero-order chi connectivity index (χ0) is 13.0. The molecule has 1 atom stereocenters. The predicted molar refractivity (Wildman–Crippen MR) is 74.7 cm³/mol. The van der Waals surface area contributed by atoms with E-state index in [1.165, 1.54) is 29.5 Å². The molecule has 1 aliphatic heterocycles. The molecule has 18 heavy (non-hydrogen) atoms. The van der Waals surface area contributed by atoms with Gasteiger partial charge >= 0.3 is 0 Å². The number of aromatic nitrogens is 2. The Hall–Kier alpha value is -0.820. The van der Waals surface area contributed by atoms with Gasteiger partial charge in [0.05, 0.1) is 5.75 Å². The molecule has 1 aromatic rings. The van der Waals surface area contributed by atoms with Crippen LogP contribution in [0.25, 0.3) is 0 Å². The maximum atomic E-state index is 12.2. The second kappa shape index (κ2) is 6.38. The van der Waals surface area contributed by atoms with Crippen LogP contribution < -0.4 is 5.73 Å². The minimum atomic E-state index is 0.209. The highest BCUT2D eigenvalue weighted by Gasteiger charge is 2.25. The lowest BCUT2D eigenvalue weighted by Crippen LogP contribution is -2.44. The molecule has 0 spiro atoms. The first-order chi connectivity index (χ1) is 8.70. The first-order valence-corrected chi connectivity index (χ1v) is 8.02. The number of hydrogen-bond donors (Lipinski definition) is 1. The second-order valence-corrected chi connectivity index (χ2v) is 6.57. The summed E-state index contributed by atoms with van der Waals surface area (Å²) in [5.41, 5.74) is 5.51. The fraction of sp³-hybridized carbons (Fsp3) is 0.727. The fourth-order valence-electron chi connectivity index (χ4n) is 2.24. The lowest BCUT2D eigenvalue weighted by molar-refractivity contribution is -0.132. The van der Waals surface area contributed by atoms with Gasteiger partial charge < -0.3 is 10.6 Å². The summed E-state index contributed by atoms with van der Waals surface area (Å²) in [6, 6.07) is 0.423. The highest BCUT2D eigenvalue weighted by atomic mass is 32.2. The average Bonchev–Trinajstić information content (AvgIpc) is 2.81. The van der Waals surface area contributed by atoms with Crippen molar-refractivity contribution in [2.24, 2.45) is 0 Å². The molecule has 0 saturated carbocycles. The number of hydrogen-bond acceptors (Lipinski definition) is 6. The van der Waals surface area contributed by atoms with Crippen LogP contribution in [0.3, 0.4) is 0 Å². The number of nitrogens with zero attached hydrogens (tertiary/aromatic N) is 3. The quantitative estimate of drug-likeness (QED) is 0.857. The Morgan fingerprint density at radius 2 is 2.39 bits per heavy atom. The summed E-state index contributed by atoms with van der Waals surface area (Å²) >= 11 is 2.76. The number of rotatable bonds is 4. The van der Waals surface area contributed by atoms with Crippen LogP contribution in [0.4, 0.5) is 5.13 Å². The van der Waals surface area contributed by atoms with Gasteiger partial charge in [-0.05, 0) is 25.7 Å². The lowest BCUT2D eigenvalue weighted by atomic mass is 10.0. The first-order valence-electron chi connectivity index (χ1n) is 6.22. The Labute approximate surface area is 115 Å². The van der Waals surface area contributed by atoms with Crippen molar-refractivity contribution in [2.45, 2.75) is 43.0 Å². The number of likely N-dealkylation sites (tertiary alicyclic amines) is 1. The normalized spacial score (nSPS) is 20.1. The molecule has 1 aliphatic rings. The third-order valence-electron chi connectivity index (χ3n) is 3.16. The molecule has 0 aliphatic carbocycles. The second-order valence-electron chi connectivity index (χ2n) is 4.34. The van der Waals surface area contributed by atoms with Gasteiger partial charge in [-0.2, -0.15) is 0 Å². The van der Waals surface area contributed by atoms with E-state index in [2.05, 4.69) is 17.1 Å². The highest BCUT2D eigenvalue weighted by Crippen LogP contribution is 2.25. The largest absolute Gasteiger partial charge is 0.374 e. The van der Waals surface area contributed by atoms with Gasteiger partial charge in [0.15, 0.2) is 4.34 Å². The van der Waals surface area contributed by atoms with E-state index in [4.69, 9.17) is 5.73 Å². The van der Waals surface area contributed by atoms with Crippen LogP contribution in [-0.2, 0) is 4.79 Å². The number of anilines is 1. The molecule has 1 saturated heterocycles. The van der Waals surface area contributed by atoms with Gasteiger partial charge in [0.2, 0.25) is 11.0 Å². The van der Waals surface area contributed by atoms with E-state index in [9.17, 15) is 4.79 Å². The smallest absolute Gasteiger partial charge is 0.233 e. The maximum Gasteiger partial charge on any atom is 0.233 e. The van der Waals surface area contributed by atoms with Crippen LogP contribution in [0.2, 0.25) is 0 Å². The number of carbonyl (C=O) groups excluding carboxylic acids is 1. The van der Waals surface area contributed by atoms with Crippen molar-refractivity contribution in [3.8, 4) is 0 Å². The van der Waals surface area contributed by atoms with Crippen LogP contribution in [0, 0.1) is 0 Å². The molecule has 1 fully saturated rings. The van der Waals surface area contributed by atoms with E-state index in [1.54, 1.807) is 0 Å². The number of piperidine rings is 1. The van der Waals surface area contributed by atoms with Crippen LogP contribution >= 0.6 is 23.1 Å². The number of nitrogens with two attached hydrogens (primary N) is 1. The Morgan fingerprint density at radius 1 is 1.56 bits per heavy atom. The van der Waals surface area contributed by atoms with Gasteiger partial charge in [0.1, 0.15) is 0 Å². The standard InChI is InChI=1S/C11H18N4OS2/c1-2-8-5-3-4-6-15(8)9(16)7-17-11-14-13-10(12)18-11/h8H,2-7H2,1H3,(H2,12,13). The first kappa shape index (κ1) is 13.6. The SMILES string of the molecule is CCC1CCCCN1C(=O)CSc1nnc(N)s1. The van der Waals surface area contributed by atoms with E-state index >= 15 is 0 Å². The summed E-state index contributed by atoms with van der Waals surface area (Å²) in [4.78, 5) is 14.2. The van der Waals surface area contributed by atoms with Crippen molar-refractivity contribution in [1.29, 1.82) is 0 Å². The van der Waals surface area contributed by atoms with Gasteiger partial charge in [-0.3, -0.25) is 4.79 Å². The third-order valence-corrected chi connectivity index (χ3v) is 5.03. The molecule has 100 valence electrons. The molecule has 2 N–H and O–H groups in total. The average molecular weight is 286 g/mol. The van der Waals surface area contributed by atoms with E-state index in [0.29, 0.717) is 16.9 Å². The number of carbonyl (C=O) groups is 1. The maximum absolute atomic E-state index is 12.2. The Morgan fingerprint density at radius 3 is 3.06 bits per heavy atom. The summed E-state index contributed by atoms with van der Waals surface area (Å²) in [5, 5.41) is 8.10. The molecule has 2 rings (SSSR count). The Kier molecular flexibility index (Phi) is 4.82. The predicted octanol–water partition coefficient (Wildman–Crippen LogP) is 2.00. The van der Waals surface area contributed by atoms with Crippen molar-refractivity contribution in [1.82, 2.24) is 15.1 Å². The summed E-state index contributed by atoms with van der Waals surface area (Å²) in [6.07, 6.45) is 4.54. The van der Waals surface area contributed by atoms with Gasteiger partial charge in [-0.15, -0.1) is 10.2 Å². The van der Waals surface area contributed by atoms with Gasteiger partial charge in [-0.25, -0.2) is 0 Å². The van der Waals surface area contributed by atoms with Crippen molar-refractivity contribution in [3.05, 3.63) is 0 Å². The van der Waals surface area contributed by atoms with E-state index in [1.807, 2.05) is 4.90 Å². The van der Waals surface area contributed by atoms with Crippen molar-refractivity contribution < 1.29 is 4.79 Å². The zero-order valence-electron chi connectivity index (χ0n) is 10.5. The topological polar surface area (TPSA) is 72.1 Å². The Bertz CT molecular complexity index is 410.